The highest BCUT2D eigenvalue weighted by Gasteiger charge is 2.19. The second-order valence-electron chi connectivity index (χ2n) is 7.23. The minimum Gasteiger partial charge on any atom is -0.507 e. The second-order valence-corrected chi connectivity index (χ2v) is 7.23. The molecule has 28 heavy (non-hydrogen) atoms. The van der Waals surface area contributed by atoms with Crippen molar-refractivity contribution in [3.8, 4) is 39.6 Å². The van der Waals surface area contributed by atoms with Crippen molar-refractivity contribution in [2.75, 3.05) is 0 Å². The van der Waals surface area contributed by atoms with Gasteiger partial charge in [-0.15, -0.1) is 0 Å². The van der Waals surface area contributed by atoms with Crippen LogP contribution in [0.2, 0.25) is 0 Å². The molecule has 1 aliphatic rings. The Balaban J connectivity index is 1.74. The summed E-state index contributed by atoms with van der Waals surface area (Å²) >= 11 is 0. The average molecular weight is 368 g/mol. The van der Waals surface area contributed by atoms with E-state index in [1.165, 1.54) is 0 Å². The lowest BCUT2D eigenvalue weighted by Gasteiger charge is -2.14. The highest BCUT2D eigenvalue weighted by Crippen LogP contribution is 2.38. The summed E-state index contributed by atoms with van der Waals surface area (Å²) in [5, 5.41) is 15.2. The van der Waals surface area contributed by atoms with Crippen molar-refractivity contribution in [1.82, 2.24) is 9.78 Å². The molecule has 4 aromatic rings. The molecule has 2 heterocycles. The maximum atomic E-state index is 10.5. The zero-order valence-electron chi connectivity index (χ0n) is 15.8. The minimum atomic E-state index is 0.283. The molecule has 4 nitrogen and oxygen atoms in total. The third kappa shape index (κ3) is 2.65. The van der Waals surface area contributed by atoms with Crippen molar-refractivity contribution >= 4 is 0 Å². The van der Waals surface area contributed by atoms with Gasteiger partial charge < -0.3 is 9.84 Å². The zero-order chi connectivity index (χ0) is 19.3. The highest BCUT2D eigenvalue weighted by molar-refractivity contribution is 5.77. The number of aromatic hydroxyl groups is 1. The van der Waals surface area contributed by atoms with Crippen LogP contribution in [0.3, 0.4) is 0 Å². The van der Waals surface area contributed by atoms with Crippen LogP contribution in [-0.2, 0) is 6.61 Å². The van der Waals surface area contributed by atoms with Crippen LogP contribution in [-0.4, -0.2) is 14.9 Å². The normalized spacial score (nSPS) is 12.2. The Morgan fingerprint density at radius 1 is 0.929 bits per heavy atom. The maximum absolute atomic E-state index is 10.5. The lowest BCUT2D eigenvalue weighted by Crippen LogP contribution is -2.02. The van der Waals surface area contributed by atoms with Gasteiger partial charge in [0.2, 0.25) is 0 Å². The summed E-state index contributed by atoms with van der Waals surface area (Å²) in [5.74, 6) is 1.07. The number of fused-ring (bicyclic) bond motifs is 6. The number of nitrogens with zero attached hydrogens (tertiary/aromatic N) is 2. The first-order valence-electron chi connectivity index (χ1n) is 9.32. The fourth-order valence-corrected chi connectivity index (χ4v) is 3.80. The molecular weight excluding hydrogens is 348 g/mol. The number of aryl methyl sites for hydroxylation is 2. The molecular formula is C24H20N2O2. The van der Waals surface area contributed by atoms with Gasteiger partial charge >= 0.3 is 0 Å². The van der Waals surface area contributed by atoms with Gasteiger partial charge in [0.1, 0.15) is 23.8 Å². The van der Waals surface area contributed by atoms with Crippen LogP contribution in [0.1, 0.15) is 16.8 Å². The number of phenols is 1. The topological polar surface area (TPSA) is 47.3 Å². The van der Waals surface area contributed by atoms with Crippen LogP contribution >= 0.6 is 0 Å². The van der Waals surface area contributed by atoms with Crippen molar-refractivity contribution in [3.63, 3.8) is 0 Å². The van der Waals surface area contributed by atoms with Gasteiger partial charge in [0, 0.05) is 11.1 Å². The molecule has 0 saturated heterocycles. The predicted octanol–water partition coefficient (Wildman–Crippen LogP) is 5.42. The van der Waals surface area contributed by atoms with Gasteiger partial charge in [-0.2, -0.15) is 5.10 Å². The Kier molecular flexibility index (Phi) is 3.72. The number of hydrogen-bond acceptors (Lipinski definition) is 3. The van der Waals surface area contributed by atoms with E-state index >= 15 is 0 Å². The number of hydrogen-bond donors (Lipinski definition) is 1. The van der Waals surface area contributed by atoms with E-state index in [0.717, 1.165) is 50.6 Å². The Morgan fingerprint density at radius 2 is 1.75 bits per heavy atom. The first-order valence-corrected chi connectivity index (χ1v) is 9.32. The lowest BCUT2D eigenvalue weighted by molar-refractivity contribution is 0.305. The van der Waals surface area contributed by atoms with Gasteiger partial charge in [0.15, 0.2) is 0 Å². The molecule has 3 aromatic carbocycles. The van der Waals surface area contributed by atoms with E-state index in [1.54, 1.807) is 6.07 Å². The monoisotopic (exact) mass is 368 g/mol. The van der Waals surface area contributed by atoms with E-state index in [1.807, 2.05) is 54.9 Å². The largest absolute Gasteiger partial charge is 0.507 e. The van der Waals surface area contributed by atoms with E-state index in [4.69, 9.17) is 9.84 Å². The molecule has 4 heteroatoms. The van der Waals surface area contributed by atoms with E-state index < -0.39 is 0 Å². The predicted molar refractivity (Wildman–Crippen MR) is 110 cm³/mol. The van der Waals surface area contributed by atoms with E-state index in [9.17, 15) is 5.11 Å². The van der Waals surface area contributed by atoms with Crippen LogP contribution in [0.5, 0.6) is 11.5 Å². The maximum Gasteiger partial charge on any atom is 0.145 e. The van der Waals surface area contributed by atoms with Gasteiger partial charge in [-0.25, -0.2) is 4.68 Å². The first kappa shape index (κ1) is 16.6. The molecule has 0 unspecified atom stereocenters. The fraction of sp³-hybridized carbons (Fsp3) is 0.125. The van der Waals surface area contributed by atoms with E-state index in [-0.39, 0.29) is 5.75 Å². The quantitative estimate of drug-likeness (QED) is 0.488. The van der Waals surface area contributed by atoms with E-state index in [2.05, 4.69) is 24.3 Å². The van der Waals surface area contributed by atoms with Crippen molar-refractivity contribution in [2.45, 2.75) is 20.5 Å². The summed E-state index contributed by atoms with van der Waals surface area (Å²) < 4.78 is 8.14. The fourth-order valence-electron chi connectivity index (χ4n) is 3.80. The van der Waals surface area contributed by atoms with Gasteiger partial charge in [0.05, 0.1) is 11.4 Å². The number of benzene rings is 3. The SMILES string of the molecule is Cc1ccc(-c2ccc3cc2COc2ccccc2-n2nc(C)cc2-3)c(O)c1. The zero-order valence-corrected chi connectivity index (χ0v) is 15.8. The number of rotatable bonds is 1. The minimum absolute atomic E-state index is 0.283. The standard InChI is InChI=1S/C24H20N2O2/c1-15-7-9-20(23(27)11-15)19-10-8-17-13-18(19)14-28-24-6-4-3-5-21(24)26-22(17)12-16(2)25-26/h3-13,27H,14H2,1-2H3. The molecule has 0 spiro atoms. The highest BCUT2D eigenvalue weighted by atomic mass is 16.5. The summed E-state index contributed by atoms with van der Waals surface area (Å²) in [7, 11) is 0. The Bertz CT molecular complexity index is 1210. The number of para-hydroxylation sites is 2. The van der Waals surface area contributed by atoms with Crippen LogP contribution in [0.4, 0.5) is 0 Å². The summed E-state index contributed by atoms with van der Waals surface area (Å²) in [6, 6.07) is 22.1. The lowest BCUT2D eigenvalue weighted by atomic mass is 9.95. The summed E-state index contributed by atoms with van der Waals surface area (Å²) in [6.45, 7) is 4.38. The van der Waals surface area contributed by atoms with Crippen LogP contribution in [0, 0.1) is 13.8 Å². The second kappa shape index (κ2) is 6.27. The molecule has 0 atom stereocenters. The van der Waals surface area contributed by atoms with Crippen molar-refractivity contribution in [2.24, 2.45) is 0 Å². The van der Waals surface area contributed by atoms with Crippen molar-refractivity contribution in [3.05, 3.63) is 83.6 Å². The van der Waals surface area contributed by atoms with Crippen LogP contribution < -0.4 is 4.74 Å². The third-order valence-electron chi connectivity index (χ3n) is 5.15. The molecule has 1 aliphatic heterocycles. The number of phenolic OH excluding ortho intramolecular Hbond substituents is 1. The molecule has 1 aromatic heterocycles. The van der Waals surface area contributed by atoms with Crippen molar-refractivity contribution < 1.29 is 9.84 Å². The Labute approximate surface area is 163 Å². The Hall–Kier alpha value is -3.53. The van der Waals surface area contributed by atoms with Gasteiger partial charge in [0.25, 0.3) is 0 Å². The Morgan fingerprint density at radius 3 is 2.61 bits per heavy atom. The third-order valence-corrected chi connectivity index (χ3v) is 5.15. The molecule has 0 radical (unpaired) electrons. The molecule has 0 aliphatic carbocycles. The molecule has 1 N–H and O–H groups in total. The number of aromatic nitrogens is 2. The van der Waals surface area contributed by atoms with Gasteiger partial charge in [-0.05, 0) is 60.9 Å². The van der Waals surface area contributed by atoms with Gasteiger partial charge in [-0.3, -0.25) is 0 Å². The summed E-state index contributed by atoms with van der Waals surface area (Å²) in [6.07, 6.45) is 0. The number of ether oxygens (including phenoxy) is 1. The first-order chi connectivity index (χ1) is 13.6. The summed E-state index contributed by atoms with van der Waals surface area (Å²) in [4.78, 5) is 0. The summed E-state index contributed by atoms with van der Waals surface area (Å²) in [5.41, 5.74) is 7.82. The molecule has 2 bridgehead atoms. The van der Waals surface area contributed by atoms with Crippen LogP contribution in [0.25, 0.3) is 28.1 Å². The smallest absolute Gasteiger partial charge is 0.145 e. The molecule has 0 amide bonds. The van der Waals surface area contributed by atoms with Crippen LogP contribution in [0.15, 0.2) is 66.7 Å². The average Bonchev–Trinajstić information content (AvgIpc) is 3.09. The molecule has 5 rings (SSSR count). The molecule has 0 fully saturated rings. The van der Waals surface area contributed by atoms with Crippen molar-refractivity contribution in [1.29, 1.82) is 0 Å². The molecule has 0 saturated carbocycles. The van der Waals surface area contributed by atoms with Gasteiger partial charge in [-0.1, -0.05) is 36.4 Å². The van der Waals surface area contributed by atoms with E-state index in [0.29, 0.717) is 6.61 Å². The molecule has 138 valence electrons.